The van der Waals surface area contributed by atoms with Crippen LogP contribution in [0.15, 0.2) is 143 Å². The second-order valence-corrected chi connectivity index (χ2v) is 9.15. The maximum absolute atomic E-state index is 9.15. The number of para-hydroxylation sites is 4. The molecule has 0 bridgehead atoms. The third kappa shape index (κ3) is 3.27. The summed E-state index contributed by atoms with van der Waals surface area (Å²) in [5, 5.41) is -1.28. The molecule has 0 radical (unpaired) electrons. The van der Waals surface area contributed by atoms with Crippen molar-refractivity contribution in [3.63, 3.8) is 0 Å². The topological polar surface area (TPSA) is 9.86 Å². The zero-order valence-corrected chi connectivity index (χ0v) is 21.0. The van der Waals surface area contributed by atoms with Gasteiger partial charge in [0, 0.05) is 27.1 Å². The number of aromatic nitrogens is 2. The molecular weight excluding hydrogens is 540 g/mol. The van der Waals surface area contributed by atoms with Crippen LogP contribution in [-0.4, -0.2) is 9.13 Å². The Hall–Kier alpha value is -4.60. The zero-order chi connectivity index (χ0) is 44.2. The molecule has 6 aromatic carbocycles. The smallest absolute Gasteiger partial charge is 0.0703 e. The van der Waals surface area contributed by atoms with Gasteiger partial charge in [-0.15, -0.1) is 0 Å². The van der Waals surface area contributed by atoms with Crippen LogP contribution >= 0.6 is 15.9 Å². The van der Waals surface area contributed by atoms with Gasteiger partial charge in [0.25, 0.3) is 0 Å². The van der Waals surface area contributed by atoms with E-state index in [9.17, 15) is 0 Å². The highest BCUT2D eigenvalue weighted by Crippen LogP contribution is 2.43. The van der Waals surface area contributed by atoms with E-state index in [2.05, 4.69) is 15.9 Å². The number of nitrogens with zero attached hydrogens (tertiary/aromatic N) is 2. The summed E-state index contributed by atoms with van der Waals surface area (Å²) in [7, 11) is 0. The van der Waals surface area contributed by atoms with Crippen LogP contribution in [0.4, 0.5) is 0 Å². The van der Waals surface area contributed by atoms with Gasteiger partial charge in [0.1, 0.15) is 0 Å². The third-order valence-electron chi connectivity index (χ3n) is 6.39. The van der Waals surface area contributed by atoms with Gasteiger partial charge in [0.05, 0.1) is 66.7 Å². The maximum atomic E-state index is 9.15. The summed E-state index contributed by atoms with van der Waals surface area (Å²) in [6.07, 6.45) is 0. The first kappa shape index (κ1) is 9.86. The summed E-state index contributed by atoms with van der Waals surface area (Å²) in [6.45, 7) is 0. The van der Waals surface area contributed by atoms with Crippen LogP contribution < -0.4 is 0 Å². The summed E-state index contributed by atoms with van der Waals surface area (Å²) in [5.74, 6) is 0. The van der Waals surface area contributed by atoms with Gasteiger partial charge in [-0.05, 0) is 51.7 Å². The average Bonchev–Trinajstić information content (AvgIpc) is 3.77. The maximum Gasteiger partial charge on any atom is 0.0703 e. The van der Waals surface area contributed by atoms with E-state index in [1.807, 2.05) is 0 Å². The summed E-state index contributed by atoms with van der Waals surface area (Å²) in [4.78, 5) is 0. The molecule has 2 aromatic heterocycles. The van der Waals surface area contributed by atoms with Gasteiger partial charge in [-0.25, -0.2) is 0 Å². The molecule has 0 amide bonds. The molecule has 0 N–H and O–H groups in total. The number of benzene rings is 6. The van der Waals surface area contributed by atoms with E-state index in [-0.39, 0.29) is 54.0 Å². The van der Waals surface area contributed by atoms with Crippen LogP contribution in [0.25, 0.3) is 66.1 Å². The van der Waals surface area contributed by atoms with Crippen LogP contribution in [0, 0.1) is 0 Å². The van der Waals surface area contributed by atoms with Gasteiger partial charge in [0.15, 0.2) is 0 Å². The van der Waals surface area contributed by atoms with Crippen LogP contribution in [0.2, 0.25) is 0 Å². The normalized spacial score (nSPS) is 19.3. The molecule has 39 heavy (non-hydrogen) atoms. The fourth-order valence-electron chi connectivity index (χ4n) is 4.84. The van der Waals surface area contributed by atoms with Gasteiger partial charge in [-0.3, -0.25) is 0 Å². The van der Waals surface area contributed by atoms with E-state index in [0.717, 1.165) is 9.13 Å². The van der Waals surface area contributed by atoms with Crippen molar-refractivity contribution >= 4 is 59.5 Å². The van der Waals surface area contributed by atoms with E-state index in [0.29, 0.717) is 0 Å². The van der Waals surface area contributed by atoms with Gasteiger partial charge >= 0.3 is 0 Å². The van der Waals surface area contributed by atoms with Crippen LogP contribution in [0.1, 0.15) is 28.8 Å². The molecular formula is C36H23BrN2. The standard InChI is InChI=1S/C36H23BrN2/c37-35-34(38-30-18-8-4-14-26(30)27-15-5-9-19-31(27)38)23-22-25(24-12-2-1-3-13-24)36(35)39-32-20-10-6-16-28(32)29-17-7-11-21-33(29)39/h1-23H/i1D,2D,3D,4D,5D,6D,7D,8D,9D,10D,11D,12D,13D,14D,15D,16D,17D,18D,19D,20D,21D. The summed E-state index contributed by atoms with van der Waals surface area (Å²) in [6, 6.07) is -12.6. The summed E-state index contributed by atoms with van der Waals surface area (Å²) < 4.78 is 185. The molecule has 0 aliphatic carbocycles. The summed E-state index contributed by atoms with van der Waals surface area (Å²) in [5.41, 5.74) is -2.67. The lowest BCUT2D eigenvalue weighted by Crippen LogP contribution is -2.03. The first-order valence-corrected chi connectivity index (χ1v) is 12.2. The molecule has 0 unspecified atom stereocenters. The van der Waals surface area contributed by atoms with Crippen LogP contribution in [-0.2, 0) is 0 Å². The Morgan fingerprint density at radius 1 is 0.462 bits per heavy atom. The Morgan fingerprint density at radius 3 is 1.36 bits per heavy atom. The largest absolute Gasteiger partial charge is 0.308 e. The first-order valence-electron chi connectivity index (χ1n) is 21.9. The van der Waals surface area contributed by atoms with Crippen molar-refractivity contribution < 1.29 is 28.8 Å². The first-order chi connectivity index (χ1) is 28.0. The number of hydrogen-bond acceptors (Lipinski definition) is 0. The van der Waals surface area contributed by atoms with Crippen molar-refractivity contribution in [2.75, 3.05) is 0 Å². The Bertz CT molecular complexity index is 3170. The van der Waals surface area contributed by atoms with Gasteiger partial charge < -0.3 is 9.13 Å². The highest BCUT2D eigenvalue weighted by molar-refractivity contribution is 9.10. The van der Waals surface area contributed by atoms with Crippen molar-refractivity contribution in [3.05, 3.63) is 143 Å². The molecule has 0 saturated carbocycles. The molecule has 0 spiro atoms. The van der Waals surface area contributed by atoms with Crippen molar-refractivity contribution in [1.29, 1.82) is 0 Å². The Morgan fingerprint density at radius 2 is 0.872 bits per heavy atom. The zero-order valence-electron chi connectivity index (χ0n) is 40.4. The predicted octanol–water partition coefficient (Wildman–Crippen LogP) is 10.3. The fourth-order valence-corrected chi connectivity index (χ4v) is 5.54. The molecule has 0 aliphatic rings. The van der Waals surface area contributed by atoms with Crippen LogP contribution in [0.3, 0.4) is 0 Å². The molecule has 184 valence electrons. The molecule has 8 rings (SSSR count). The Balaban J connectivity index is 1.74. The highest BCUT2D eigenvalue weighted by atomic mass is 79.9. The number of fused-ring (bicyclic) bond motifs is 6. The lowest BCUT2D eigenvalue weighted by atomic mass is 10.0. The Kier molecular flexibility index (Phi) is 2.20. The average molecular weight is 585 g/mol. The molecule has 0 atom stereocenters. The van der Waals surface area contributed by atoms with Crippen molar-refractivity contribution in [2.45, 2.75) is 0 Å². The molecule has 3 heteroatoms. The SMILES string of the molecule is [2H]c1c([2H])c([2H])c(-c2ccc(-n3c4c([2H])c([2H])c([2H])c([2H])c4c4c([2H])c([2H])c([2H])c([2H])c43)c(Br)c2-n2c3c([2H])c([2H])c([2H])c([2H])c3c3c([2H])c([2H])c([2H])c([2H])c32)c([2H])c1[2H]. The van der Waals surface area contributed by atoms with E-state index >= 15 is 0 Å². The molecule has 0 saturated heterocycles. The Labute approximate surface area is 264 Å². The van der Waals surface area contributed by atoms with Crippen LogP contribution in [0.5, 0.6) is 0 Å². The van der Waals surface area contributed by atoms with E-state index < -0.39 is 143 Å². The number of rotatable bonds is 3. The predicted molar refractivity (Wildman–Crippen MR) is 168 cm³/mol. The van der Waals surface area contributed by atoms with Crippen molar-refractivity contribution in [1.82, 2.24) is 9.13 Å². The lowest BCUT2D eigenvalue weighted by molar-refractivity contribution is 1.12. The second-order valence-electron chi connectivity index (χ2n) is 8.36. The fraction of sp³-hybridized carbons (Fsp3) is 0. The van der Waals surface area contributed by atoms with Gasteiger partial charge in [-0.2, -0.15) is 0 Å². The quantitative estimate of drug-likeness (QED) is 0.196. The van der Waals surface area contributed by atoms with Crippen molar-refractivity contribution in [2.24, 2.45) is 0 Å². The number of hydrogen-bond donors (Lipinski definition) is 0. The second kappa shape index (κ2) is 8.72. The van der Waals surface area contributed by atoms with Crippen molar-refractivity contribution in [3.8, 4) is 22.5 Å². The minimum Gasteiger partial charge on any atom is -0.308 e. The van der Waals surface area contributed by atoms with E-state index in [1.165, 1.54) is 12.1 Å². The van der Waals surface area contributed by atoms with Gasteiger partial charge in [0.2, 0.25) is 0 Å². The monoisotopic (exact) mass is 583 g/mol. The molecule has 8 aromatic rings. The molecule has 2 heterocycles. The number of halogens is 1. The van der Waals surface area contributed by atoms with E-state index in [4.69, 9.17) is 28.8 Å². The lowest BCUT2D eigenvalue weighted by Gasteiger charge is -2.20. The highest BCUT2D eigenvalue weighted by Gasteiger charge is 2.22. The van der Waals surface area contributed by atoms with Gasteiger partial charge in [-0.1, -0.05) is 109 Å². The molecule has 0 aliphatic heterocycles. The van der Waals surface area contributed by atoms with E-state index in [1.54, 1.807) is 0 Å². The third-order valence-corrected chi connectivity index (χ3v) is 7.18. The molecule has 0 fully saturated rings. The molecule has 2 nitrogen and oxygen atoms in total. The minimum absolute atomic E-state index is 0.159. The minimum atomic E-state index is -0.780. The summed E-state index contributed by atoms with van der Waals surface area (Å²) >= 11 is 3.56.